The van der Waals surface area contributed by atoms with Gasteiger partial charge < -0.3 is 33.2 Å². The predicted octanol–water partition coefficient (Wildman–Crippen LogP) is 0.902. The summed E-state index contributed by atoms with van der Waals surface area (Å²) >= 11 is 0. The van der Waals surface area contributed by atoms with Crippen LogP contribution in [0.4, 0.5) is 0 Å². The van der Waals surface area contributed by atoms with E-state index in [2.05, 4.69) is 4.74 Å². The first-order valence-electron chi connectivity index (χ1n) is 11.5. The van der Waals surface area contributed by atoms with Crippen LogP contribution in [0.2, 0.25) is 0 Å². The number of methoxy groups -OCH3 is 1. The molecule has 0 saturated carbocycles. The second-order valence-electron chi connectivity index (χ2n) is 7.30. The highest BCUT2D eigenvalue weighted by Crippen LogP contribution is 2.30. The maximum absolute atomic E-state index is 12.3. The topological polar surface area (TPSA) is 167 Å². The molecule has 1 rings (SSSR count). The Labute approximate surface area is 208 Å². The molecule has 0 spiro atoms. The van der Waals surface area contributed by atoms with E-state index in [0.29, 0.717) is 0 Å². The molecule has 202 valence electrons. The Morgan fingerprint density at radius 3 is 1.61 bits per heavy atom. The second-order valence-corrected chi connectivity index (χ2v) is 7.30. The summed E-state index contributed by atoms with van der Waals surface area (Å²) in [4.78, 5) is 72.0. The van der Waals surface area contributed by atoms with Crippen LogP contribution in [0.5, 0.6) is 0 Å². The molecule has 0 aliphatic carbocycles. The van der Waals surface area contributed by atoms with Crippen LogP contribution >= 0.6 is 0 Å². The summed E-state index contributed by atoms with van der Waals surface area (Å²) in [6, 6.07) is 0. The molecule has 1 saturated heterocycles. The highest BCUT2D eigenvalue weighted by molar-refractivity contribution is 5.91. The fourth-order valence-corrected chi connectivity index (χ4v) is 2.85. The van der Waals surface area contributed by atoms with E-state index in [9.17, 15) is 28.8 Å². The molecule has 0 unspecified atom stereocenters. The molecule has 36 heavy (non-hydrogen) atoms. The lowest BCUT2D eigenvalue weighted by Crippen LogP contribution is -2.63. The van der Waals surface area contributed by atoms with Gasteiger partial charge in [-0.3, -0.25) is 19.2 Å². The van der Waals surface area contributed by atoms with Crippen molar-refractivity contribution in [3.05, 3.63) is 12.2 Å². The highest BCUT2D eigenvalue weighted by atomic mass is 16.7. The Kier molecular flexibility index (Phi) is 13.2. The summed E-state index contributed by atoms with van der Waals surface area (Å²) in [5.41, 5.74) is 0. The quantitative estimate of drug-likeness (QED) is 0.204. The Balaban J connectivity index is 3.44. The molecule has 1 fully saturated rings. The molecule has 0 amide bonds. The van der Waals surface area contributed by atoms with Crippen LogP contribution in [0, 0.1) is 0 Å². The summed E-state index contributed by atoms with van der Waals surface area (Å²) in [6.07, 6.45) is -6.04. The minimum Gasteiger partial charge on any atom is -0.466 e. The Morgan fingerprint density at radius 2 is 1.11 bits per heavy atom. The maximum atomic E-state index is 12.3. The summed E-state index contributed by atoms with van der Waals surface area (Å²) in [6.45, 7) is 5.63. The maximum Gasteiger partial charge on any atom is 0.333 e. The summed E-state index contributed by atoms with van der Waals surface area (Å²) in [5, 5.41) is 0. The van der Waals surface area contributed by atoms with E-state index in [1.807, 2.05) is 0 Å². The molecule has 0 bridgehead atoms. The van der Waals surface area contributed by atoms with Crippen LogP contribution in [0.1, 0.15) is 53.4 Å². The lowest BCUT2D eigenvalue weighted by molar-refractivity contribution is -0.300. The van der Waals surface area contributed by atoms with Crippen molar-refractivity contribution in [2.75, 3.05) is 13.7 Å². The first-order chi connectivity index (χ1) is 17.1. The first-order valence-corrected chi connectivity index (χ1v) is 11.5. The molecule has 0 aromatic carbocycles. The number of ether oxygens (including phenoxy) is 7. The van der Waals surface area contributed by atoms with Gasteiger partial charge >= 0.3 is 35.8 Å². The Morgan fingerprint density at radius 1 is 0.639 bits per heavy atom. The van der Waals surface area contributed by atoms with Crippen molar-refractivity contribution in [2.45, 2.75) is 84.1 Å². The van der Waals surface area contributed by atoms with E-state index in [-0.39, 0.29) is 25.7 Å². The molecule has 0 aromatic rings. The van der Waals surface area contributed by atoms with Gasteiger partial charge in [0.25, 0.3) is 0 Å². The van der Waals surface area contributed by atoms with E-state index >= 15 is 0 Å². The molecular weight excluding hydrogens is 484 g/mol. The second kappa shape index (κ2) is 15.5. The lowest BCUT2D eigenvalue weighted by Gasteiger charge is -2.43. The van der Waals surface area contributed by atoms with E-state index in [0.717, 1.165) is 19.3 Å². The molecular formula is C23H32O13. The summed E-state index contributed by atoms with van der Waals surface area (Å²) < 4.78 is 36.7. The third kappa shape index (κ3) is 9.64. The Hall–Kier alpha value is -3.48. The van der Waals surface area contributed by atoms with Gasteiger partial charge in [0.15, 0.2) is 12.2 Å². The van der Waals surface area contributed by atoms with Gasteiger partial charge in [-0.25, -0.2) is 9.59 Å². The zero-order valence-corrected chi connectivity index (χ0v) is 20.9. The molecule has 5 atom stereocenters. The third-order valence-corrected chi connectivity index (χ3v) is 4.75. The zero-order valence-electron chi connectivity index (χ0n) is 20.9. The molecule has 13 nitrogen and oxygen atoms in total. The van der Waals surface area contributed by atoms with Gasteiger partial charge in [0.1, 0.15) is 12.7 Å². The van der Waals surface area contributed by atoms with Gasteiger partial charge in [-0.15, -0.1) is 0 Å². The van der Waals surface area contributed by atoms with Crippen LogP contribution in [-0.4, -0.2) is 80.2 Å². The summed E-state index contributed by atoms with van der Waals surface area (Å²) in [7, 11) is 1.11. The molecule has 0 aromatic heterocycles. The third-order valence-electron chi connectivity index (χ3n) is 4.75. The van der Waals surface area contributed by atoms with Crippen LogP contribution in [-0.2, 0) is 61.9 Å². The first kappa shape index (κ1) is 30.6. The van der Waals surface area contributed by atoms with Crippen molar-refractivity contribution >= 4 is 35.8 Å². The average molecular weight is 516 g/mol. The fraction of sp³-hybridized carbons (Fsp3) is 0.652. The van der Waals surface area contributed by atoms with Crippen molar-refractivity contribution in [3.8, 4) is 0 Å². The number of hydrogen-bond acceptors (Lipinski definition) is 13. The van der Waals surface area contributed by atoms with Crippen molar-refractivity contribution in [3.63, 3.8) is 0 Å². The van der Waals surface area contributed by atoms with Gasteiger partial charge in [0.2, 0.25) is 12.4 Å². The largest absolute Gasteiger partial charge is 0.466 e. The van der Waals surface area contributed by atoms with Gasteiger partial charge in [0, 0.05) is 37.8 Å². The minimum atomic E-state index is -1.69. The van der Waals surface area contributed by atoms with Crippen LogP contribution in [0.3, 0.4) is 0 Å². The molecule has 1 aliphatic heterocycles. The van der Waals surface area contributed by atoms with Crippen molar-refractivity contribution in [2.24, 2.45) is 0 Å². The van der Waals surface area contributed by atoms with Crippen molar-refractivity contribution < 1.29 is 61.9 Å². The molecule has 0 radical (unpaired) electrons. The number of carbonyl (C=O) groups excluding carboxylic acids is 6. The monoisotopic (exact) mass is 516 g/mol. The smallest absolute Gasteiger partial charge is 0.333 e. The van der Waals surface area contributed by atoms with Crippen LogP contribution in [0.15, 0.2) is 12.2 Å². The van der Waals surface area contributed by atoms with Crippen molar-refractivity contribution in [1.82, 2.24) is 0 Å². The standard InChI is InChI=1S/C23H32O13/c1-6-14(24)31-12-13-20(33-15(25)7-2)21(34-16(26)8-3)22(35-17(27)9-4)23(32-13)36-19(29)11-10-18(28)30-5/h10-11,13,20-23H,6-9,12H2,1-5H3/b11-10+/t13-,20-,21+,22+,23-/m1/s1. The van der Waals surface area contributed by atoms with E-state index < -0.39 is 73.1 Å². The van der Waals surface area contributed by atoms with Gasteiger partial charge in [-0.05, 0) is 0 Å². The minimum absolute atomic E-state index is 0.0356. The molecule has 13 heteroatoms. The number of rotatable bonds is 12. The fourth-order valence-electron chi connectivity index (χ4n) is 2.85. The van der Waals surface area contributed by atoms with Crippen LogP contribution in [0.25, 0.3) is 0 Å². The van der Waals surface area contributed by atoms with Gasteiger partial charge in [-0.1, -0.05) is 27.7 Å². The van der Waals surface area contributed by atoms with E-state index in [1.54, 1.807) is 6.92 Å². The van der Waals surface area contributed by atoms with E-state index in [4.69, 9.17) is 28.4 Å². The normalized spacial score (nSPS) is 23.3. The number of esters is 6. The van der Waals surface area contributed by atoms with Gasteiger partial charge in [-0.2, -0.15) is 0 Å². The number of carbonyl (C=O) groups is 6. The molecule has 1 heterocycles. The predicted molar refractivity (Wildman–Crippen MR) is 118 cm³/mol. The lowest BCUT2D eigenvalue weighted by atomic mass is 9.98. The molecule has 0 N–H and O–H groups in total. The summed E-state index contributed by atoms with van der Waals surface area (Å²) in [5.74, 6) is -4.73. The van der Waals surface area contributed by atoms with Gasteiger partial charge in [0.05, 0.1) is 7.11 Å². The SMILES string of the molecule is CCC(=O)OC[C@H]1O[C@H](OC(=O)/C=C/C(=O)OC)[C@@H](OC(=O)CC)[C@@H](OC(=O)CC)[C@@H]1OC(=O)CC. The molecule has 1 aliphatic rings. The van der Waals surface area contributed by atoms with E-state index in [1.165, 1.54) is 20.8 Å². The zero-order chi connectivity index (χ0) is 27.3. The highest BCUT2D eigenvalue weighted by Gasteiger charge is 2.54. The van der Waals surface area contributed by atoms with Crippen LogP contribution < -0.4 is 0 Å². The average Bonchev–Trinajstić information content (AvgIpc) is 2.88. The number of hydrogen-bond donors (Lipinski definition) is 0. The van der Waals surface area contributed by atoms with Crippen molar-refractivity contribution in [1.29, 1.82) is 0 Å². The Bertz CT molecular complexity index is 834.